The van der Waals surface area contributed by atoms with Crippen LogP contribution < -0.4 is 16.4 Å². The summed E-state index contributed by atoms with van der Waals surface area (Å²) in [4.78, 5) is 25.5. The first kappa shape index (κ1) is 16.7. The number of non-ortho nitro benzene ring substituents is 1. The standard InChI is InChI=1S/C12H16ClN5O3/c1-12(2,3)17-11(19)16-10(14)15-9-5-4-7(18(20)21)6-8(9)13/h4-6H,1-3H3,(H4,14,15,16,17,19). The molecule has 114 valence electrons. The van der Waals surface area contributed by atoms with E-state index in [1.807, 2.05) is 20.8 Å². The van der Waals surface area contributed by atoms with Gasteiger partial charge in [0.05, 0.1) is 15.6 Å². The molecule has 4 N–H and O–H groups in total. The molecule has 0 atom stereocenters. The zero-order valence-corrected chi connectivity index (χ0v) is 12.6. The Morgan fingerprint density at radius 3 is 2.52 bits per heavy atom. The van der Waals surface area contributed by atoms with Crippen LogP contribution >= 0.6 is 11.6 Å². The van der Waals surface area contributed by atoms with Crippen LogP contribution in [0.1, 0.15) is 20.8 Å². The predicted octanol–water partition coefficient (Wildman–Crippen LogP) is 2.29. The van der Waals surface area contributed by atoms with E-state index in [-0.39, 0.29) is 22.4 Å². The van der Waals surface area contributed by atoms with Crippen LogP contribution in [0.2, 0.25) is 5.02 Å². The lowest BCUT2D eigenvalue weighted by atomic mass is 10.1. The zero-order chi connectivity index (χ0) is 16.2. The summed E-state index contributed by atoms with van der Waals surface area (Å²) in [6, 6.07) is 3.23. The van der Waals surface area contributed by atoms with Gasteiger partial charge in [-0.15, -0.1) is 0 Å². The van der Waals surface area contributed by atoms with Crippen molar-refractivity contribution < 1.29 is 9.72 Å². The van der Waals surface area contributed by atoms with Crippen LogP contribution in [0.4, 0.5) is 16.2 Å². The van der Waals surface area contributed by atoms with Crippen LogP contribution in [-0.4, -0.2) is 22.5 Å². The summed E-state index contributed by atoms with van der Waals surface area (Å²) in [5, 5.41) is 15.6. The Morgan fingerprint density at radius 1 is 1.43 bits per heavy atom. The molecule has 0 fully saturated rings. The maximum absolute atomic E-state index is 11.6. The molecular formula is C12H16ClN5O3. The van der Waals surface area contributed by atoms with Gasteiger partial charge in [0.1, 0.15) is 0 Å². The first-order valence-corrected chi connectivity index (χ1v) is 6.33. The minimum Gasteiger partial charge on any atom is -0.369 e. The molecule has 1 aromatic carbocycles. The number of carbonyl (C=O) groups is 1. The molecule has 0 spiro atoms. The molecule has 0 saturated heterocycles. The number of nitro benzene ring substituents is 1. The third kappa shape index (κ3) is 5.65. The average Bonchev–Trinajstić information content (AvgIpc) is 2.28. The van der Waals surface area contributed by atoms with Crippen molar-refractivity contribution in [2.24, 2.45) is 10.7 Å². The topological polar surface area (TPSA) is 123 Å². The molecule has 0 unspecified atom stereocenters. The monoisotopic (exact) mass is 313 g/mol. The molecule has 0 saturated carbocycles. The smallest absolute Gasteiger partial charge is 0.321 e. The van der Waals surface area contributed by atoms with E-state index < -0.39 is 16.5 Å². The summed E-state index contributed by atoms with van der Waals surface area (Å²) >= 11 is 5.87. The molecular weight excluding hydrogens is 298 g/mol. The second-order valence-electron chi connectivity index (χ2n) is 5.22. The minimum atomic E-state index is -0.572. The van der Waals surface area contributed by atoms with E-state index in [4.69, 9.17) is 17.3 Å². The Bertz CT molecular complexity index is 595. The fraction of sp³-hybridized carbons (Fsp3) is 0.333. The molecule has 8 nitrogen and oxygen atoms in total. The van der Waals surface area contributed by atoms with E-state index in [2.05, 4.69) is 15.6 Å². The van der Waals surface area contributed by atoms with Crippen molar-refractivity contribution in [3.8, 4) is 0 Å². The quantitative estimate of drug-likeness (QED) is 0.335. The summed E-state index contributed by atoms with van der Waals surface area (Å²) < 4.78 is 0. The number of benzene rings is 1. The van der Waals surface area contributed by atoms with Gasteiger partial charge >= 0.3 is 6.03 Å². The lowest BCUT2D eigenvalue weighted by molar-refractivity contribution is -0.384. The molecule has 2 amide bonds. The van der Waals surface area contributed by atoms with Gasteiger partial charge in [-0.25, -0.2) is 9.79 Å². The maximum atomic E-state index is 11.6. The fourth-order valence-electron chi connectivity index (χ4n) is 1.35. The number of rotatable bonds is 2. The normalized spacial score (nSPS) is 11.9. The fourth-order valence-corrected chi connectivity index (χ4v) is 1.56. The summed E-state index contributed by atoms with van der Waals surface area (Å²) in [6.45, 7) is 5.44. The van der Waals surface area contributed by atoms with Gasteiger partial charge in [-0.2, -0.15) is 0 Å². The summed E-state index contributed by atoms with van der Waals surface area (Å²) in [7, 11) is 0. The highest BCUT2D eigenvalue weighted by Crippen LogP contribution is 2.28. The number of carbonyl (C=O) groups excluding carboxylic acids is 1. The number of nitrogens with one attached hydrogen (secondary N) is 2. The minimum absolute atomic E-state index is 0.0604. The summed E-state index contributed by atoms with van der Waals surface area (Å²) in [5.41, 5.74) is 5.22. The van der Waals surface area contributed by atoms with Crippen molar-refractivity contribution >= 4 is 35.0 Å². The largest absolute Gasteiger partial charge is 0.369 e. The van der Waals surface area contributed by atoms with Crippen molar-refractivity contribution in [2.75, 3.05) is 0 Å². The van der Waals surface area contributed by atoms with Crippen LogP contribution in [0.25, 0.3) is 0 Å². The number of amides is 2. The predicted molar refractivity (Wildman–Crippen MR) is 80.8 cm³/mol. The van der Waals surface area contributed by atoms with E-state index in [0.29, 0.717) is 0 Å². The van der Waals surface area contributed by atoms with E-state index >= 15 is 0 Å². The van der Waals surface area contributed by atoms with E-state index in [9.17, 15) is 14.9 Å². The van der Waals surface area contributed by atoms with Crippen molar-refractivity contribution in [3.63, 3.8) is 0 Å². The number of nitrogens with two attached hydrogens (primary N) is 1. The lowest BCUT2D eigenvalue weighted by Crippen LogP contribution is -2.50. The van der Waals surface area contributed by atoms with Crippen molar-refractivity contribution in [1.29, 1.82) is 0 Å². The molecule has 9 heteroatoms. The van der Waals surface area contributed by atoms with Crippen LogP contribution in [-0.2, 0) is 0 Å². The number of hydrogen-bond donors (Lipinski definition) is 3. The Labute approximate surface area is 126 Å². The Balaban J connectivity index is 2.83. The van der Waals surface area contributed by atoms with Crippen LogP contribution in [0.3, 0.4) is 0 Å². The molecule has 21 heavy (non-hydrogen) atoms. The second kappa shape index (κ2) is 6.40. The third-order valence-corrected chi connectivity index (χ3v) is 2.42. The number of urea groups is 1. The highest BCUT2D eigenvalue weighted by Gasteiger charge is 2.14. The molecule has 1 rings (SSSR count). The number of hydrogen-bond acceptors (Lipinski definition) is 4. The second-order valence-corrected chi connectivity index (χ2v) is 5.63. The van der Waals surface area contributed by atoms with Gasteiger partial charge in [-0.1, -0.05) is 11.6 Å². The van der Waals surface area contributed by atoms with Gasteiger partial charge in [0.25, 0.3) is 5.69 Å². The third-order valence-electron chi connectivity index (χ3n) is 2.11. The Hall–Kier alpha value is -2.35. The molecule has 0 aliphatic carbocycles. The van der Waals surface area contributed by atoms with Gasteiger partial charge in [0, 0.05) is 17.7 Å². The summed E-state index contributed by atoms with van der Waals surface area (Å²) in [5.74, 6) is -0.174. The maximum Gasteiger partial charge on any atom is 0.321 e. The molecule has 0 bridgehead atoms. The molecule has 0 radical (unpaired) electrons. The number of guanidine groups is 1. The van der Waals surface area contributed by atoms with Crippen LogP contribution in [0.15, 0.2) is 23.2 Å². The van der Waals surface area contributed by atoms with Crippen LogP contribution in [0, 0.1) is 10.1 Å². The highest BCUT2D eigenvalue weighted by molar-refractivity contribution is 6.33. The number of halogens is 1. The van der Waals surface area contributed by atoms with Gasteiger partial charge in [-0.3, -0.25) is 15.4 Å². The van der Waals surface area contributed by atoms with Crippen molar-refractivity contribution in [3.05, 3.63) is 33.3 Å². The average molecular weight is 314 g/mol. The first-order chi connectivity index (χ1) is 9.58. The molecule has 0 aromatic heterocycles. The number of aliphatic imine (C=N–C) groups is 1. The lowest BCUT2D eigenvalue weighted by Gasteiger charge is -2.20. The number of nitro groups is 1. The SMILES string of the molecule is CC(C)(C)NC(=O)NC(N)=Nc1ccc([N+](=O)[O-])cc1Cl. The van der Waals surface area contributed by atoms with Gasteiger partial charge in [0.15, 0.2) is 0 Å². The van der Waals surface area contributed by atoms with Gasteiger partial charge in [0.2, 0.25) is 5.96 Å². The highest BCUT2D eigenvalue weighted by atomic mass is 35.5. The number of nitrogens with zero attached hydrogens (tertiary/aromatic N) is 2. The molecule has 0 aliphatic heterocycles. The summed E-state index contributed by atoms with van der Waals surface area (Å²) in [6.07, 6.45) is 0. The van der Waals surface area contributed by atoms with E-state index in [1.54, 1.807) is 0 Å². The van der Waals surface area contributed by atoms with Gasteiger partial charge in [-0.05, 0) is 26.8 Å². The Kier molecular flexibility index (Phi) is 5.09. The molecule has 0 heterocycles. The molecule has 1 aromatic rings. The van der Waals surface area contributed by atoms with Crippen molar-refractivity contribution in [1.82, 2.24) is 10.6 Å². The van der Waals surface area contributed by atoms with Crippen LogP contribution in [0.5, 0.6) is 0 Å². The van der Waals surface area contributed by atoms with E-state index in [0.717, 1.165) is 6.07 Å². The van der Waals surface area contributed by atoms with E-state index in [1.165, 1.54) is 12.1 Å². The zero-order valence-electron chi connectivity index (χ0n) is 11.8. The first-order valence-electron chi connectivity index (χ1n) is 5.96. The van der Waals surface area contributed by atoms with Crippen molar-refractivity contribution in [2.45, 2.75) is 26.3 Å². The Morgan fingerprint density at radius 2 is 2.05 bits per heavy atom. The molecule has 0 aliphatic rings. The van der Waals surface area contributed by atoms with Gasteiger partial charge < -0.3 is 11.1 Å².